The summed E-state index contributed by atoms with van der Waals surface area (Å²) in [5, 5.41) is 0. The highest BCUT2D eigenvalue weighted by Crippen LogP contribution is 2.22. The number of benzene rings is 1. The number of allylic oxidation sites excluding steroid dienone is 1. The van der Waals surface area contributed by atoms with Crippen molar-refractivity contribution in [3.05, 3.63) is 47.7 Å². The molecule has 1 aliphatic rings. The molecular weight excluding hydrogens is 336 g/mol. The van der Waals surface area contributed by atoms with E-state index in [1.54, 1.807) is 6.26 Å². The first kappa shape index (κ1) is 21.7. The molecule has 2 rings (SSSR count). The molecule has 2 unspecified atom stereocenters. The molecule has 0 N–H and O–H groups in total. The van der Waals surface area contributed by atoms with Crippen LogP contribution in [0.4, 0.5) is 0 Å². The van der Waals surface area contributed by atoms with Crippen molar-refractivity contribution in [1.82, 2.24) is 0 Å². The zero-order chi connectivity index (χ0) is 19.5. The van der Waals surface area contributed by atoms with Gasteiger partial charge in [0.15, 0.2) is 0 Å². The largest absolute Gasteiger partial charge is 0.435 e. The van der Waals surface area contributed by atoms with Gasteiger partial charge in [-0.15, -0.1) is 0 Å². The van der Waals surface area contributed by atoms with Crippen molar-refractivity contribution < 1.29 is 14.3 Å². The lowest BCUT2D eigenvalue weighted by atomic mass is 9.95. The van der Waals surface area contributed by atoms with E-state index in [2.05, 4.69) is 45.0 Å². The minimum absolute atomic E-state index is 0.169. The third-order valence-electron chi connectivity index (χ3n) is 5.36. The first-order valence-electron chi connectivity index (χ1n) is 10.6. The van der Waals surface area contributed by atoms with Gasteiger partial charge >= 0.3 is 5.97 Å². The molecule has 0 amide bonds. The second-order valence-corrected chi connectivity index (χ2v) is 8.02. The Morgan fingerprint density at radius 3 is 2.70 bits per heavy atom. The summed E-state index contributed by atoms with van der Waals surface area (Å²) in [4.78, 5) is 12.0. The van der Waals surface area contributed by atoms with E-state index in [0.29, 0.717) is 12.3 Å². The standard InChI is InChI=1S/C24H36O3/c1-19(2)21-10-9-11-22(18-21)20(3)15-17-27-24(25)14-13-23-12-7-5-4-6-8-16-26-23/h9-11,15,17-20,23H,4-8,12-14,16H2,1-3H3. The topological polar surface area (TPSA) is 35.5 Å². The van der Waals surface area contributed by atoms with Crippen LogP contribution < -0.4 is 0 Å². The van der Waals surface area contributed by atoms with Gasteiger partial charge in [-0.3, -0.25) is 4.79 Å². The summed E-state index contributed by atoms with van der Waals surface area (Å²) in [7, 11) is 0. The zero-order valence-corrected chi connectivity index (χ0v) is 17.3. The molecule has 3 nitrogen and oxygen atoms in total. The third-order valence-corrected chi connectivity index (χ3v) is 5.36. The number of esters is 1. The molecule has 27 heavy (non-hydrogen) atoms. The van der Waals surface area contributed by atoms with Crippen LogP contribution in [0.2, 0.25) is 0 Å². The molecule has 0 aliphatic carbocycles. The van der Waals surface area contributed by atoms with E-state index >= 15 is 0 Å². The van der Waals surface area contributed by atoms with E-state index in [1.165, 1.54) is 36.8 Å². The first-order chi connectivity index (χ1) is 13.1. The molecule has 1 aromatic carbocycles. The zero-order valence-electron chi connectivity index (χ0n) is 17.3. The van der Waals surface area contributed by atoms with Crippen molar-refractivity contribution in [2.24, 2.45) is 0 Å². The van der Waals surface area contributed by atoms with Crippen LogP contribution in [0.3, 0.4) is 0 Å². The van der Waals surface area contributed by atoms with E-state index < -0.39 is 0 Å². The van der Waals surface area contributed by atoms with E-state index in [1.807, 2.05) is 6.08 Å². The van der Waals surface area contributed by atoms with Gasteiger partial charge in [-0.1, -0.05) is 70.7 Å². The fraction of sp³-hybridized carbons (Fsp3) is 0.625. The summed E-state index contributed by atoms with van der Waals surface area (Å²) in [5.74, 6) is 0.561. The maximum Gasteiger partial charge on any atom is 0.310 e. The van der Waals surface area contributed by atoms with Crippen LogP contribution >= 0.6 is 0 Å². The molecule has 1 aliphatic heterocycles. The van der Waals surface area contributed by atoms with Crippen LogP contribution in [0.25, 0.3) is 0 Å². The van der Waals surface area contributed by atoms with Gasteiger partial charge in [0.25, 0.3) is 0 Å². The third kappa shape index (κ3) is 8.30. The van der Waals surface area contributed by atoms with Gasteiger partial charge in [-0.05, 0) is 42.4 Å². The number of hydrogen-bond acceptors (Lipinski definition) is 3. The molecule has 0 bridgehead atoms. The smallest absolute Gasteiger partial charge is 0.310 e. The Morgan fingerprint density at radius 1 is 1.15 bits per heavy atom. The average Bonchev–Trinajstić information content (AvgIpc) is 2.80. The van der Waals surface area contributed by atoms with Gasteiger partial charge in [0.2, 0.25) is 0 Å². The minimum Gasteiger partial charge on any atom is -0.435 e. The van der Waals surface area contributed by atoms with Crippen molar-refractivity contribution in [2.45, 2.75) is 90.1 Å². The molecule has 3 heteroatoms. The summed E-state index contributed by atoms with van der Waals surface area (Å²) < 4.78 is 11.2. The monoisotopic (exact) mass is 372 g/mol. The SMILES string of the molecule is CC(C)c1cccc(C(C)C=COC(=O)CCC2CCCCCCCO2)c1. The Hall–Kier alpha value is -1.61. The Kier molecular flexibility index (Phi) is 9.61. The normalized spacial score (nSPS) is 20.1. The maximum absolute atomic E-state index is 12.0. The van der Waals surface area contributed by atoms with Crippen molar-refractivity contribution in [2.75, 3.05) is 6.61 Å². The molecule has 1 aromatic rings. The number of rotatable bonds is 7. The molecular formula is C24H36O3. The second-order valence-electron chi connectivity index (χ2n) is 8.02. The van der Waals surface area contributed by atoms with E-state index in [9.17, 15) is 4.79 Å². The molecule has 1 saturated heterocycles. The van der Waals surface area contributed by atoms with Crippen molar-refractivity contribution >= 4 is 5.97 Å². The average molecular weight is 373 g/mol. The van der Waals surface area contributed by atoms with E-state index in [4.69, 9.17) is 9.47 Å². The lowest BCUT2D eigenvalue weighted by molar-refractivity contribution is -0.138. The molecule has 1 heterocycles. The van der Waals surface area contributed by atoms with Crippen LogP contribution in [0.1, 0.15) is 95.1 Å². The van der Waals surface area contributed by atoms with Crippen LogP contribution in [0.15, 0.2) is 36.6 Å². The lowest BCUT2D eigenvalue weighted by Crippen LogP contribution is -2.15. The second kappa shape index (κ2) is 12.0. The molecule has 1 fully saturated rings. The fourth-order valence-electron chi connectivity index (χ4n) is 3.45. The Labute approximate surface area is 165 Å². The number of carbonyl (C=O) groups excluding carboxylic acids is 1. The van der Waals surface area contributed by atoms with Crippen molar-refractivity contribution in [3.63, 3.8) is 0 Å². The van der Waals surface area contributed by atoms with Crippen molar-refractivity contribution in [1.29, 1.82) is 0 Å². The minimum atomic E-state index is -0.169. The number of carbonyl (C=O) groups is 1. The van der Waals surface area contributed by atoms with Gasteiger partial charge in [0.1, 0.15) is 0 Å². The Balaban J connectivity index is 1.74. The quantitative estimate of drug-likeness (QED) is 0.405. The fourth-order valence-corrected chi connectivity index (χ4v) is 3.45. The number of ether oxygens (including phenoxy) is 2. The van der Waals surface area contributed by atoms with E-state index in [-0.39, 0.29) is 18.0 Å². The van der Waals surface area contributed by atoms with Crippen LogP contribution in [-0.2, 0) is 14.3 Å². The van der Waals surface area contributed by atoms with Crippen LogP contribution in [0.5, 0.6) is 0 Å². The van der Waals surface area contributed by atoms with Crippen LogP contribution in [-0.4, -0.2) is 18.7 Å². The van der Waals surface area contributed by atoms with E-state index in [0.717, 1.165) is 25.9 Å². The van der Waals surface area contributed by atoms with Gasteiger partial charge in [-0.25, -0.2) is 0 Å². The Bertz CT molecular complexity index is 581. The molecule has 0 saturated carbocycles. The predicted octanol–water partition coefficient (Wildman–Crippen LogP) is 6.49. The summed E-state index contributed by atoms with van der Waals surface area (Å²) in [5.41, 5.74) is 2.58. The highest BCUT2D eigenvalue weighted by molar-refractivity contribution is 5.70. The van der Waals surface area contributed by atoms with Gasteiger partial charge in [0, 0.05) is 18.9 Å². The lowest BCUT2D eigenvalue weighted by Gasteiger charge is -2.16. The highest BCUT2D eigenvalue weighted by Gasteiger charge is 2.13. The van der Waals surface area contributed by atoms with Gasteiger partial charge in [0.05, 0.1) is 12.4 Å². The summed E-state index contributed by atoms with van der Waals surface area (Å²) in [6.07, 6.45) is 12.1. The highest BCUT2D eigenvalue weighted by atomic mass is 16.5. The molecule has 0 spiro atoms. The Morgan fingerprint density at radius 2 is 1.89 bits per heavy atom. The van der Waals surface area contributed by atoms with Crippen LogP contribution in [0, 0.1) is 0 Å². The summed E-state index contributed by atoms with van der Waals surface area (Å²) in [6.45, 7) is 7.34. The predicted molar refractivity (Wildman–Crippen MR) is 111 cm³/mol. The summed E-state index contributed by atoms with van der Waals surface area (Å²) in [6, 6.07) is 8.61. The first-order valence-corrected chi connectivity index (χ1v) is 10.6. The molecule has 0 aromatic heterocycles. The van der Waals surface area contributed by atoms with Crippen molar-refractivity contribution in [3.8, 4) is 0 Å². The number of hydrogen-bond donors (Lipinski definition) is 0. The van der Waals surface area contributed by atoms with Gasteiger partial charge < -0.3 is 9.47 Å². The van der Waals surface area contributed by atoms with Gasteiger partial charge in [-0.2, -0.15) is 0 Å². The molecule has 2 atom stereocenters. The molecule has 150 valence electrons. The molecule has 0 radical (unpaired) electrons. The summed E-state index contributed by atoms with van der Waals surface area (Å²) >= 11 is 0. The maximum atomic E-state index is 12.0.